The van der Waals surface area contributed by atoms with Gasteiger partial charge in [-0.3, -0.25) is 0 Å². The second-order valence-corrected chi connectivity index (χ2v) is 6.45. The molecule has 0 atom stereocenters. The summed E-state index contributed by atoms with van der Waals surface area (Å²) < 4.78 is 33.0. The standard InChI is InChI=1S/C19H22F2N2O2/c20-14-2-1-3-17(11-14)25-18-5-4-16(10-15(21)12-18)23-8-6-19(24,13-22)7-9-23/h1-3,5,10-12,24H,4,6-9,13,22H2. The number of allylic oxidation sites excluding steroid dienone is 4. The molecule has 0 saturated carbocycles. The van der Waals surface area contributed by atoms with Crippen LogP contribution in [0.4, 0.5) is 8.78 Å². The van der Waals surface area contributed by atoms with Gasteiger partial charge in [-0.25, -0.2) is 8.78 Å². The summed E-state index contributed by atoms with van der Waals surface area (Å²) in [4.78, 5) is 2.05. The number of nitrogens with two attached hydrogens (primary N) is 1. The molecule has 4 nitrogen and oxygen atoms in total. The predicted molar refractivity (Wildman–Crippen MR) is 91.8 cm³/mol. The van der Waals surface area contributed by atoms with Crippen LogP contribution in [0.1, 0.15) is 19.3 Å². The lowest BCUT2D eigenvalue weighted by Gasteiger charge is -2.39. The lowest BCUT2D eigenvalue weighted by atomic mass is 9.91. The van der Waals surface area contributed by atoms with Crippen molar-refractivity contribution in [3.05, 3.63) is 65.6 Å². The summed E-state index contributed by atoms with van der Waals surface area (Å²) in [5, 5.41) is 10.2. The van der Waals surface area contributed by atoms with E-state index in [0.29, 0.717) is 43.9 Å². The van der Waals surface area contributed by atoms with Gasteiger partial charge in [0.15, 0.2) is 0 Å². The lowest BCUT2D eigenvalue weighted by molar-refractivity contribution is -0.00616. The molecule has 1 heterocycles. The SMILES string of the molecule is NCC1(O)CCN(C2=CC(F)=CC(Oc3cccc(F)c3)=CC2)CC1. The quantitative estimate of drug-likeness (QED) is 0.878. The van der Waals surface area contributed by atoms with Crippen molar-refractivity contribution in [3.8, 4) is 5.75 Å². The molecule has 1 aliphatic heterocycles. The number of aliphatic hydroxyl groups is 1. The largest absolute Gasteiger partial charge is 0.457 e. The molecule has 0 aromatic heterocycles. The van der Waals surface area contributed by atoms with E-state index in [-0.39, 0.29) is 6.54 Å². The van der Waals surface area contributed by atoms with Gasteiger partial charge in [-0.1, -0.05) is 6.07 Å². The third kappa shape index (κ3) is 4.46. The Morgan fingerprint density at radius 1 is 1.20 bits per heavy atom. The highest BCUT2D eigenvalue weighted by molar-refractivity contribution is 5.34. The lowest BCUT2D eigenvalue weighted by Crippen LogP contribution is -2.48. The molecule has 1 aromatic rings. The highest BCUT2D eigenvalue weighted by Gasteiger charge is 2.31. The highest BCUT2D eigenvalue weighted by Crippen LogP contribution is 2.28. The summed E-state index contributed by atoms with van der Waals surface area (Å²) >= 11 is 0. The first kappa shape index (κ1) is 17.6. The molecule has 3 rings (SSSR count). The molecule has 25 heavy (non-hydrogen) atoms. The Morgan fingerprint density at radius 2 is 1.96 bits per heavy atom. The van der Waals surface area contributed by atoms with Crippen LogP contribution in [-0.2, 0) is 0 Å². The number of hydrogen-bond donors (Lipinski definition) is 2. The van der Waals surface area contributed by atoms with Gasteiger partial charge in [0.2, 0.25) is 0 Å². The molecule has 0 unspecified atom stereocenters. The first-order valence-electron chi connectivity index (χ1n) is 8.36. The Labute approximate surface area is 145 Å². The molecule has 3 N–H and O–H groups in total. The van der Waals surface area contributed by atoms with E-state index in [1.54, 1.807) is 12.1 Å². The third-order valence-electron chi connectivity index (χ3n) is 4.61. The number of hydrogen-bond acceptors (Lipinski definition) is 4. The molecule has 134 valence electrons. The van der Waals surface area contributed by atoms with Crippen molar-refractivity contribution in [2.45, 2.75) is 24.9 Å². The van der Waals surface area contributed by atoms with Crippen LogP contribution in [0.25, 0.3) is 0 Å². The topological polar surface area (TPSA) is 58.7 Å². The Kier molecular flexibility index (Phi) is 5.20. The van der Waals surface area contributed by atoms with Crippen molar-refractivity contribution in [1.82, 2.24) is 4.90 Å². The Hall–Kier alpha value is -2.18. The van der Waals surface area contributed by atoms with E-state index in [1.807, 2.05) is 0 Å². The molecular weight excluding hydrogens is 326 g/mol. The maximum atomic E-state index is 14.2. The van der Waals surface area contributed by atoms with E-state index in [9.17, 15) is 13.9 Å². The maximum Gasteiger partial charge on any atom is 0.130 e. The molecule has 1 fully saturated rings. The van der Waals surface area contributed by atoms with Crippen molar-refractivity contribution in [2.24, 2.45) is 5.73 Å². The summed E-state index contributed by atoms with van der Waals surface area (Å²) in [5.41, 5.74) is 5.61. The number of ether oxygens (including phenoxy) is 1. The first-order chi connectivity index (χ1) is 12.0. The number of nitrogens with zero attached hydrogens (tertiary/aromatic N) is 1. The van der Waals surface area contributed by atoms with Gasteiger partial charge in [0, 0.05) is 43.9 Å². The average molecular weight is 348 g/mol. The molecule has 0 radical (unpaired) electrons. The number of piperidine rings is 1. The van der Waals surface area contributed by atoms with Crippen molar-refractivity contribution in [2.75, 3.05) is 19.6 Å². The summed E-state index contributed by atoms with van der Waals surface area (Å²) in [6.07, 6.45) is 6.15. The second-order valence-electron chi connectivity index (χ2n) is 6.45. The smallest absolute Gasteiger partial charge is 0.130 e. The van der Waals surface area contributed by atoms with Gasteiger partial charge in [0.1, 0.15) is 23.2 Å². The van der Waals surface area contributed by atoms with Crippen molar-refractivity contribution in [1.29, 1.82) is 0 Å². The van der Waals surface area contributed by atoms with E-state index in [1.165, 1.54) is 30.4 Å². The predicted octanol–water partition coefficient (Wildman–Crippen LogP) is 3.02. The van der Waals surface area contributed by atoms with E-state index in [4.69, 9.17) is 10.5 Å². The van der Waals surface area contributed by atoms with Crippen LogP contribution in [-0.4, -0.2) is 35.2 Å². The summed E-state index contributed by atoms with van der Waals surface area (Å²) in [6.45, 7) is 1.49. The fourth-order valence-electron chi connectivity index (χ4n) is 3.03. The van der Waals surface area contributed by atoms with E-state index in [0.717, 1.165) is 5.70 Å². The fourth-order valence-corrected chi connectivity index (χ4v) is 3.03. The van der Waals surface area contributed by atoms with Crippen LogP contribution < -0.4 is 10.5 Å². The maximum absolute atomic E-state index is 14.2. The van der Waals surface area contributed by atoms with Crippen LogP contribution in [0.3, 0.4) is 0 Å². The van der Waals surface area contributed by atoms with Gasteiger partial charge < -0.3 is 20.5 Å². The zero-order chi connectivity index (χ0) is 17.9. The number of rotatable bonds is 4. The van der Waals surface area contributed by atoms with Gasteiger partial charge in [-0.2, -0.15) is 0 Å². The zero-order valence-corrected chi connectivity index (χ0v) is 13.9. The molecular formula is C19H22F2N2O2. The Morgan fingerprint density at radius 3 is 2.64 bits per heavy atom. The molecule has 6 heteroatoms. The first-order valence-corrected chi connectivity index (χ1v) is 8.36. The Balaban J connectivity index is 1.68. The minimum atomic E-state index is -0.822. The van der Waals surface area contributed by atoms with Crippen LogP contribution >= 0.6 is 0 Å². The van der Waals surface area contributed by atoms with E-state index >= 15 is 0 Å². The van der Waals surface area contributed by atoms with Crippen LogP contribution in [0.2, 0.25) is 0 Å². The molecule has 2 aliphatic rings. The van der Waals surface area contributed by atoms with Crippen molar-refractivity contribution >= 4 is 0 Å². The minimum absolute atomic E-state index is 0.236. The fraction of sp³-hybridized carbons (Fsp3) is 0.368. The Bertz CT molecular complexity index is 720. The number of likely N-dealkylation sites (tertiary alicyclic amines) is 1. The monoisotopic (exact) mass is 348 g/mol. The second kappa shape index (κ2) is 7.37. The molecule has 1 aromatic carbocycles. The molecule has 0 amide bonds. The van der Waals surface area contributed by atoms with Crippen LogP contribution in [0.15, 0.2) is 59.8 Å². The molecule has 1 aliphatic carbocycles. The van der Waals surface area contributed by atoms with Crippen LogP contribution in [0.5, 0.6) is 5.75 Å². The number of benzene rings is 1. The van der Waals surface area contributed by atoms with Crippen molar-refractivity contribution in [3.63, 3.8) is 0 Å². The van der Waals surface area contributed by atoms with Crippen LogP contribution in [0, 0.1) is 5.82 Å². The molecule has 0 bridgehead atoms. The third-order valence-corrected chi connectivity index (χ3v) is 4.61. The molecule has 1 saturated heterocycles. The normalized spacial score (nSPS) is 20.3. The highest BCUT2D eigenvalue weighted by atomic mass is 19.1. The zero-order valence-electron chi connectivity index (χ0n) is 13.9. The van der Waals surface area contributed by atoms with Gasteiger partial charge in [-0.15, -0.1) is 0 Å². The van der Waals surface area contributed by atoms with E-state index in [2.05, 4.69) is 4.90 Å². The summed E-state index contributed by atoms with van der Waals surface area (Å²) in [7, 11) is 0. The van der Waals surface area contributed by atoms with Gasteiger partial charge in [0.25, 0.3) is 0 Å². The minimum Gasteiger partial charge on any atom is -0.457 e. The molecule has 0 spiro atoms. The summed E-state index contributed by atoms with van der Waals surface area (Å²) in [5.74, 6) is -0.167. The summed E-state index contributed by atoms with van der Waals surface area (Å²) in [6, 6.07) is 5.73. The number of halogens is 2. The van der Waals surface area contributed by atoms with Gasteiger partial charge >= 0.3 is 0 Å². The average Bonchev–Trinajstić information content (AvgIpc) is 2.77. The van der Waals surface area contributed by atoms with E-state index < -0.39 is 17.2 Å². The van der Waals surface area contributed by atoms with Crippen molar-refractivity contribution < 1.29 is 18.6 Å². The van der Waals surface area contributed by atoms with Gasteiger partial charge in [-0.05, 0) is 37.1 Å². The van der Waals surface area contributed by atoms with Gasteiger partial charge in [0.05, 0.1) is 5.60 Å².